The molecule has 2 aromatic carbocycles. The van der Waals surface area contributed by atoms with E-state index < -0.39 is 6.04 Å². The molecule has 7 heteroatoms. The summed E-state index contributed by atoms with van der Waals surface area (Å²) < 4.78 is 5.07. The molecule has 2 heterocycles. The SMILES string of the molecule is O=C(C[C@H](NC(=O)c1ccccc1)c1ccccc1)NC1CCN([C@H]2CCOC2=O)CC1. The molecule has 0 unspecified atom stereocenters. The molecule has 2 fully saturated rings. The van der Waals surface area contributed by atoms with Gasteiger partial charge in [0.1, 0.15) is 6.04 Å². The number of piperidine rings is 1. The molecule has 4 rings (SSSR count). The number of carbonyl (C=O) groups is 3. The first kappa shape index (κ1) is 22.0. The molecule has 32 heavy (non-hydrogen) atoms. The van der Waals surface area contributed by atoms with Crippen LogP contribution in [0.15, 0.2) is 60.7 Å². The number of hydrogen-bond acceptors (Lipinski definition) is 5. The molecule has 0 spiro atoms. The lowest BCUT2D eigenvalue weighted by atomic mass is 10.00. The Labute approximate surface area is 188 Å². The van der Waals surface area contributed by atoms with Crippen LogP contribution in [0.5, 0.6) is 0 Å². The number of benzene rings is 2. The van der Waals surface area contributed by atoms with Gasteiger partial charge in [0, 0.05) is 31.1 Å². The van der Waals surface area contributed by atoms with Crippen molar-refractivity contribution >= 4 is 17.8 Å². The standard InChI is InChI=1S/C25H29N3O4/c29-23(26-20-11-14-28(15-12-20)22-13-16-32-25(22)31)17-21(18-7-3-1-4-8-18)27-24(30)19-9-5-2-6-10-19/h1-10,20-22H,11-17H2,(H,26,29)(H,27,30)/t21-,22-/m0/s1. The largest absolute Gasteiger partial charge is 0.464 e. The van der Waals surface area contributed by atoms with Crippen molar-refractivity contribution in [3.8, 4) is 0 Å². The van der Waals surface area contributed by atoms with Gasteiger partial charge in [-0.25, -0.2) is 0 Å². The minimum atomic E-state index is -0.419. The average Bonchev–Trinajstić information content (AvgIpc) is 3.26. The van der Waals surface area contributed by atoms with Gasteiger partial charge in [-0.2, -0.15) is 0 Å². The van der Waals surface area contributed by atoms with Gasteiger partial charge in [0.25, 0.3) is 5.91 Å². The first-order valence-electron chi connectivity index (χ1n) is 11.2. The van der Waals surface area contributed by atoms with E-state index in [4.69, 9.17) is 4.74 Å². The van der Waals surface area contributed by atoms with E-state index in [0.29, 0.717) is 12.2 Å². The molecule has 2 atom stereocenters. The monoisotopic (exact) mass is 435 g/mol. The van der Waals surface area contributed by atoms with Crippen molar-refractivity contribution in [3.63, 3.8) is 0 Å². The predicted octanol–water partition coefficient (Wildman–Crippen LogP) is 2.44. The van der Waals surface area contributed by atoms with Crippen LogP contribution in [0.3, 0.4) is 0 Å². The van der Waals surface area contributed by atoms with Crippen LogP contribution in [0.25, 0.3) is 0 Å². The number of rotatable bonds is 7. The Morgan fingerprint density at radius 2 is 1.62 bits per heavy atom. The van der Waals surface area contributed by atoms with Gasteiger partial charge in [-0.1, -0.05) is 48.5 Å². The van der Waals surface area contributed by atoms with E-state index in [1.54, 1.807) is 12.1 Å². The number of ether oxygens (including phenoxy) is 1. The Balaban J connectivity index is 1.33. The van der Waals surface area contributed by atoms with E-state index in [0.717, 1.165) is 37.9 Å². The number of cyclic esters (lactones) is 1. The van der Waals surface area contributed by atoms with Crippen LogP contribution in [-0.4, -0.2) is 54.5 Å². The Kier molecular flexibility index (Phi) is 7.17. The van der Waals surface area contributed by atoms with Gasteiger partial charge >= 0.3 is 5.97 Å². The van der Waals surface area contributed by atoms with Crippen LogP contribution in [0.2, 0.25) is 0 Å². The highest BCUT2D eigenvalue weighted by Gasteiger charge is 2.34. The van der Waals surface area contributed by atoms with E-state index in [1.165, 1.54) is 0 Å². The smallest absolute Gasteiger partial charge is 0.323 e. The third-order valence-electron chi connectivity index (χ3n) is 6.18. The summed E-state index contributed by atoms with van der Waals surface area (Å²) in [5.74, 6) is -0.428. The molecule has 2 aliphatic heterocycles. The van der Waals surface area contributed by atoms with Gasteiger partial charge in [0.2, 0.25) is 5.91 Å². The maximum absolute atomic E-state index is 12.9. The van der Waals surface area contributed by atoms with E-state index in [2.05, 4.69) is 15.5 Å². The Bertz CT molecular complexity index is 927. The summed E-state index contributed by atoms with van der Waals surface area (Å²) in [6.07, 6.45) is 2.50. The van der Waals surface area contributed by atoms with Crippen molar-refractivity contribution in [3.05, 3.63) is 71.8 Å². The van der Waals surface area contributed by atoms with Crippen LogP contribution >= 0.6 is 0 Å². The lowest BCUT2D eigenvalue weighted by Crippen LogP contribution is -2.49. The van der Waals surface area contributed by atoms with E-state index in [1.807, 2.05) is 48.5 Å². The normalized spacial score (nSPS) is 20.4. The Hall–Kier alpha value is -3.19. The Morgan fingerprint density at radius 1 is 0.969 bits per heavy atom. The maximum atomic E-state index is 12.9. The number of hydrogen-bond donors (Lipinski definition) is 2. The van der Waals surface area contributed by atoms with E-state index >= 15 is 0 Å². The van der Waals surface area contributed by atoms with Gasteiger partial charge in [-0.05, 0) is 30.5 Å². The molecule has 0 saturated carbocycles. The zero-order chi connectivity index (χ0) is 22.3. The topological polar surface area (TPSA) is 87.7 Å². The molecule has 0 bridgehead atoms. The first-order chi connectivity index (χ1) is 15.6. The van der Waals surface area contributed by atoms with Crippen molar-refractivity contribution in [1.29, 1.82) is 0 Å². The number of nitrogens with zero attached hydrogens (tertiary/aromatic N) is 1. The summed E-state index contributed by atoms with van der Waals surface area (Å²) in [5, 5.41) is 6.13. The fourth-order valence-corrected chi connectivity index (χ4v) is 4.41. The number of amides is 2. The van der Waals surface area contributed by atoms with Crippen molar-refractivity contribution in [2.24, 2.45) is 0 Å². The lowest BCUT2D eigenvalue weighted by molar-refractivity contribution is -0.142. The zero-order valence-electron chi connectivity index (χ0n) is 18.0. The van der Waals surface area contributed by atoms with Gasteiger partial charge in [-0.3, -0.25) is 19.3 Å². The first-order valence-corrected chi connectivity index (χ1v) is 11.2. The molecule has 7 nitrogen and oxygen atoms in total. The molecule has 168 valence electrons. The fraction of sp³-hybridized carbons (Fsp3) is 0.400. The molecule has 2 saturated heterocycles. The van der Waals surface area contributed by atoms with E-state index in [9.17, 15) is 14.4 Å². The highest BCUT2D eigenvalue weighted by Crippen LogP contribution is 2.21. The van der Waals surface area contributed by atoms with Crippen molar-refractivity contribution in [2.45, 2.75) is 43.8 Å². The van der Waals surface area contributed by atoms with E-state index in [-0.39, 0.29) is 36.3 Å². The molecule has 0 radical (unpaired) electrons. The summed E-state index contributed by atoms with van der Waals surface area (Å²) in [5.41, 5.74) is 1.45. The van der Waals surface area contributed by atoms with Crippen LogP contribution in [0.4, 0.5) is 0 Å². The van der Waals surface area contributed by atoms with Crippen molar-refractivity contribution in [1.82, 2.24) is 15.5 Å². The molecule has 2 aromatic rings. The second kappa shape index (κ2) is 10.4. The van der Waals surface area contributed by atoms with Crippen LogP contribution in [0, 0.1) is 0 Å². The second-order valence-electron chi connectivity index (χ2n) is 8.36. The number of likely N-dealkylation sites (tertiary alicyclic amines) is 1. The van der Waals surface area contributed by atoms with Crippen molar-refractivity contribution in [2.75, 3.05) is 19.7 Å². The fourth-order valence-electron chi connectivity index (χ4n) is 4.41. The molecular formula is C25H29N3O4. The molecule has 2 amide bonds. The summed E-state index contributed by atoms with van der Waals surface area (Å²) in [7, 11) is 0. The summed E-state index contributed by atoms with van der Waals surface area (Å²) in [6.45, 7) is 2.02. The predicted molar refractivity (Wildman–Crippen MR) is 120 cm³/mol. The third kappa shape index (κ3) is 5.53. The Morgan fingerprint density at radius 3 is 2.25 bits per heavy atom. The summed E-state index contributed by atoms with van der Waals surface area (Å²) >= 11 is 0. The highest BCUT2D eigenvalue weighted by molar-refractivity contribution is 5.94. The van der Waals surface area contributed by atoms with Crippen LogP contribution in [-0.2, 0) is 14.3 Å². The van der Waals surface area contributed by atoms with Crippen LogP contribution in [0.1, 0.15) is 47.6 Å². The lowest BCUT2D eigenvalue weighted by Gasteiger charge is -2.34. The summed E-state index contributed by atoms with van der Waals surface area (Å²) in [4.78, 5) is 39.5. The highest BCUT2D eigenvalue weighted by atomic mass is 16.5. The molecule has 2 N–H and O–H groups in total. The zero-order valence-corrected chi connectivity index (χ0v) is 18.0. The number of carbonyl (C=O) groups excluding carboxylic acids is 3. The van der Waals surface area contributed by atoms with Gasteiger partial charge in [0.05, 0.1) is 19.1 Å². The number of esters is 1. The number of nitrogens with one attached hydrogen (secondary N) is 2. The average molecular weight is 436 g/mol. The molecule has 2 aliphatic rings. The van der Waals surface area contributed by atoms with Crippen LogP contribution < -0.4 is 10.6 Å². The van der Waals surface area contributed by atoms with Gasteiger partial charge in [0.15, 0.2) is 0 Å². The molecular weight excluding hydrogens is 406 g/mol. The van der Waals surface area contributed by atoms with Gasteiger partial charge < -0.3 is 15.4 Å². The van der Waals surface area contributed by atoms with Crippen molar-refractivity contribution < 1.29 is 19.1 Å². The second-order valence-corrected chi connectivity index (χ2v) is 8.36. The van der Waals surface area contributed by atoms with Gasteiger partial charge in [-0.15, -0.1) is 0 Å². The maximum Gasteiger partial charge on any atom is 0.323 e. The molecule has 0 aromatic heterocycles. The summed E-state index contributed by atoms with van der Waals surface area (Å²) in [6, 6.07) is 18.1. The minimum Gasteiger partial charge on any atom is -0.464 e. The minimum absolute atomic E-state index is 0.0671. The molecule has 0 aliphatic carbocycles. The third-order valence-corrected chi connectivity index (χ3v) is 6.18. The quantitative estimate of drug-likeness (QED) is 0.653.